The van der Waals surface area contributed by atoms with Crippen LogP contribution in [0.5, 0.6) is 0 Å². The van der Waals surface area contributed by atoms with Crippen molar-refractivity contribution in [2.24, 2.45) is 0 Å². The average Bonchev–Trinajstić information content (AvgIpc) is 3.07. The number of benzene rings is 1. The van der Waals surface area contributed by atoms with Crippen molar-refractivity contribution in [3.05, 3.63) is 29.8 Å². The van der Waals surface area contributed by atoms with E-state index < -0.39 is 0 Å². The molecule has 1 N–H and O–H groups in total. The highest BCUT2D eigenvalue weighted by atomic mass is 32.2. The van der Waals surface area contributed by atoms with Crippen molar-refractivity contribution in [2.75, 3.05) is 12.3 Å². The third-order valence-electron chi connectivity index (χ3n) is 3.63. The quantitative estimate of drug-likeness (QED) is 0.528. The minimum Gasteiger partial charge on any atom is -0.355 e. The van der Waals surface area contributed by atoms with Gasteiger partial charge in [0.15, 0.2) is 0 Å². The summed E-state index contributed by atoms with van der Waals surface area (Å²) in [6.07, 6.45) is 5.54. The molecule has 0 spiro atoms. The lowest BCUT2D eigenvalue weighted by atomic mass is 10.1. The number of carbonyl (C=O) groups excluding carboxylic acids is 1. The van der Waals surface area contributed by atoms with Gasteiger partial charge in [-0.2, -0.15) is 4.68 Å². The molecule has 0 bridgehead atoms. The van der Waals surface area contributed by atoms with Crippen LogP contribution in [0.2, 0.25) is 0 Å². The number of aryl methyl sites for hydroxylation is 1. The van der Waals surface area contributed by atoms with Gasteiger partial charge in [0, 0.05) is 6.54 Å². The highest BCUT2D eigenvalue weighted by molar-refractivity contribution is 7.99. The fraction of sp³-hybridized carbons (Fsp3) is 0.529. The number of hydrogen-bond donors (Lipinski definition) is 1. The van der Waals surface area contributed by atoms with Crippen molar-refractivity contribution in [1.82, 2.24) is 25.5 Å². The summed E-state index contributed by atoms with van der Waals surface area (Å²) in [5.74, 6) is 0.330. The van der Waals surface area contributed by atoms with Crippen LogP contribution in [0.1, 0.15) is 45.1 Å². The molecular formula is C17H25N5OS. The molecule has 0 saturated heterocycles. The number of tetrazole rings is 1. The maximum Gasteiger partial charge on any atom is 0.230 e. The van der Waals surface area contributed by atoms with E-state index in [2.05, 4.69) is 46.8 Å². The van der Waals surface area contributed by atoms with E-state index in [9.17, 15) is 4.79 Å². The van der Waals surface area contributed by atoms with Crippen LogP contribution >= 0.6 is 11.8 Å². The van der Waals surface area contributed by atoms with Gasteiger partial charge >= 0.3 is 0 Å². The molecule has 2 aromatic rings. The molecule has 0 aliphatic carbocycles. The van der Waals surface area contributed by atoms with Crippen molar-refractivity contribution >= 4 is 17.7 Å². The molecule has 7 heteroatoms. The monoisotopic (exact) mass is 347 g/mol. The van der Waals surface area contributed by atoms with Gasteiger partial charge in [-0.1, -0.05) is 50.6 Å². The van der Waals surface area contributed by atoms with Gasteiger partial charge in [-0.25, -0.2) is 0 Å². The molecule has 0 aliphatic heterocycles. The maximum atomic E-state index is 11.8. The average molecular weight is 347 g/mol. The molecule has 24 heavy (non-hydrogen) atoms. The molecule has 0 radical (unpaired) electrons. The zero-order chi connectivity index (χ0) is 17.2. The van der Waals surface area contributed by atoms with E-state index in [1.807, 2.05) is 12.1 Å². The van der Waals surface area contributed by atoms with E-state index in [-0.39, 0.29) is 5.91 Å². The third kappa shape index (κ3) is 5.63. The van der Waals surface area contributed by atoms with Crippen LogP contribution in [0.4, 0.5) is 0 Å². The minimum absolute atomic E-state index is 0.0120. The summed E-state index contributed by atoms with van der Waals surface area (Å²) in [6.45, 7) is 5.01. The SMILES string of the molecule is CCCCNC(=O)CSc1nnnn1-c1ccc(CCCC)cc1. The van der Waals surface area contributed by atoms with Gasteiger partial charge < -0.3 is 5.32 Å². The van der Waals surface area contributed by atoms with Gasteiger partial charge in [0.2, 0.25) is 11.1 Å². The number of thioether (sulfide) groups is 1. The number of hydrogen-bond acceptors (Lipinski definition) is 5. The van der Waals surface area contributed by atoms with Crippen molar-refractivity contribution in [3.63, 3.8) is 0 Å². The number of nitrogens with zero attached hydrogens (tertiary/aromatic N) is 4. The predicted octanol–water partition coefficient (Wildman–Crippen LogP) is 3.01. The molecule has 0 fully saturated rings. The molecule has 0 unspecified atom stereocenters. The Morgan fingerprint density at radius 3 is 2.62 bits per heavy atom. The lowest BCUT2D eigenvalue weighted by Crippen LogP contribution is -2.26. The zero-order valence-electron chi connectivity index (χ0n) is 14.4. The molecule has 2 rings (SSSR count). The van der Waals surface area contributed by atoms with Gasteiger partial charge in [-0.15, -0.1) is 5.10 Å². The summed E-state index contributed by atoms with van der Waals surface area (Å²) in [5, 5.41) is 15.3. The second-order valence-corrected chi connectivity index (χ2v) is 6.58. The Hall–Kier alpha value is -1.89. The second-order valence-electron chi connectivity index (χ2n) is 5.64. The van der Waals surface area contributed by atoms with Crippen LogP contribution in [-0.2, 0) is 11.2 Å². The van der Waals surface area contributed by atoms with Crippen molar-refractivity contribution < 1.29 is 4.79 Å². The van der Waals surface area contributed by atoms with E-state index in [1.165, 1.54) is 30.2 Å². The lowest BCUT2D eigenvalue weighted by molar-refractivity contribution is -0.118. The summed E-state index contributed by atoms with van der Waals surface area (Å²) < 4.78 is 1.67. The lowest BCUT2D eigenvalue weighted by Gasteiger charge is -2.06. The van der Waals surface area contributed by atoms with E-state index in [0.29, 0.717) is 10.9 Å². The topological polar surface area (TPSA) is 72.7 Å². The highest BCUT2D eigenvalue weighted by Gasteiger charge is 2.11. The van der Waals surface area contributed by atoms with Gasteiger partial charge in [-0.3, -0.25) is 4.79 Å². The van der Waals surface area contributed by atoms with Crippen LogP contribution in [0, 0.1) is 0 Å². The smallest absolute Gasteiger partial charge is 0.230 e. The largest absolute Gasteiger partial charge is 0.355 e. The zero-order valence-corrected chi connectivity index (χ0v) is 15.2. The fourth-order valence-corrected chi connectivity index (χ4v) is 2.92. The van der Waals surface area contributed by atoms with Crippen LogP contribution in [0.15, 0.2) is 29.4 Å². The highest BCUT2D eigenvalue weighted by Crippen LogP contribution is 2.18. The molecule has 0 saturated carbocycles. The number of unbranched alkanes of at least 4 members (excludes halogenated alkanes) is 2. The van der Waals surface area contributed by atoms with E-state index >= 15 is 0 Å². The normalized spacial score (nSPS) is 10.8. The maximum absolute atomic E-state index is 11.8. The molecule has 130 valence electrons. The summed E-state index contributed by atoms with van der Waals surface area (Å²) in [4.78, 5) is 11.8. The summed E-state index contributed by atoms with van der Waals surface area (Å²) >= 11 is 1.35. The van der Waals surface area contributed by atoms with Gasteiger partial charge in [0.25, 0.3) is 0 Å². The molecule has 1 amide bonds. The molecule has 1 aromatic carbocycles. The van der Waals surface area contributed by atoms with E-state index in [1.54, 1.807) is 4.68 Å². The first kappa shape index (κ1) is 18.4. The Kier molecular flexibility index (Phi) is 7.74. The summed E-state index contributed by atoms with van der Waals surface area (Å²) in [6, 6.07) is 8.26. The Morgan fingerprint density at radius 2 is 1.92 bits per heavy atom. The van der Waals surface area contributed by atoms with Gasteiger partial charge in [0.05, 0.1) is 11.4 Å². The Bertz CT molecular complexity index is 626. The molecule has 0 atom stereocenters. The number of carbonyl (C=O) groups is 1. The third-order valence-corrected chi connectivity index (χ3v) is 4.54. The molecule has 0 aliphatic rings. The Labute approximate surface area is 147 Å². The Balaban J connectivity index is 1.93. The number of nitrogens with one attached hydrogen (secondary N) is 1. The van der Waals surface area contributed by atoms with Gasteiger partial charge in [-0.05, 0) is 47.4 Å². The molecule has 1 aromatic heterocycles. The number of amides is 1. The standard InChI is InChI=1S/C17H25N5OS/c1-3-5-7-14-8-10-15(11-9-14)22-17(19-20-21-22)24-13-16(23)18-12-6-4-2/h8-11H,3-7,12-13H2,1-2H3,(H,18,23). The minimum atomic E-state index is 0.0120. The number of rotatable bonds is 10. The van der Waals surface area contributed by atoms with Crippen molar-refractivity contribution in [3.8, 4) is 5.69 Å². The van der Waals surface area contributed by atoms with E-state index in [4.69, 9.17) is 0 Å². The predicted molar refractivity (Wildman–Crippen MR) is 96.4 cm³/mol. The van der Waals surface area contributed by atoms with Gasteiger partial charge in [0.1, 0.15) is 0 Å². The van der Waals surface area contributed by atoms with E-state index in [0.717, 1.165) is 31.5 Å². The molecule has 6 nitrogen and oxygen atoms in total. The second kappa shape index (κ2) is 10.1. The molecular weight excluding hydrogens is 322 g/mol. The Morgan fingerprint density at radius 1 is 1.17 bits per heavy atom. The van der Waals surface area contributed by atoms with Crippen LogP contribution in [0.25, 0.3) is 5.69 Å². The molecule has 1 heterocycles. The summed E-state index contributed by atoms with van der Waals surface area (Å²) in [5.41, 5.74) is 2.23. The van der Waals surface area contributed by atoms with Crippen LogP contribution in [-0.4, -0.2) is 38.4 Å². The van der Waals surface area contributed by atoms with Crippen molar-refractivity contribution in [2.45, 2.75) is 51.1 Å². The number of aromatic nitrogens is 4. The van der Waals surface area contributed by atoms with Crippen LogP contribution < -0.4 is 5.32 Å². The van der Waals surface area contributed by atoms with Crippen LogP contribution in [0.3, 0.4) is 0 Å². The summed E-state index contributed by atoms with van der Waals surface area (Å²) in [7, 11) is 0. The first-order chi connectivity index (χ1) is 11.7. The first-order valence-corrected chi connectivity index (χ1v) is 9.50. The fourth-order valence-electron chi connectivity index (χ4n) is 2.20. The van der Waals surface area contributed by atoms with Crippen molar-refractivity contribution in [1.29, 1.82) is 0 Å². The first-order valence-electron chi connectivity index (χ1n) is 8.51.